The molecular weight excluding hydrogens is 270 g/mol. The van der Waals surface area contributed by atoms with Crippen molar-refractivity contribution < 1.29 is 19.4 Å². The van der Waals surface area contributed by atoms with Crippen LogP contribution in [-0.4, -0.2) is 49.3 Å². The molecule has 0 aliphatic heterocycles. The minimum atomic E-state index is -0.161. The van der Waals surface area contributed by atoms with Crippen molar-refractivity contribution in [3.63, 3.8) is 0 Å². The second-order valence-electron chi connectivity index (χ2n) is 4.40. The third kappa shape index (κ3) is 5.11. The first kappa shape index (κ1) is 17.0. The van der Waals surface area contributed by atoms with E-state index >= 15 is 0 Å². The standard InChI is InChI=1S/C16H23NO4/c1-4-6-13-7-8-14(15(11-13)20-3)21-12-16(19)17(5-2)9-10-18/h4,6-8,11,18H,5,9-10,12H2,1-3H3. The fourth-order valence-corrected chi connectivity index (χ4v) is 1.91. The Bertz CT molecular complexity index is 485. The lowest BCUT2D eigenvalue weighted by molar-refractivity contribution is -0.133. The van der Waals surface area contributed by atoms with E-state index in [4.69, 9.17) is 14.6 Å². The summed E-state index contributed by atoms with van der Waals surface area (Å²) in [5.41, 5.74) is 1.00. The first-order valence-corrected chi connectivity index (χ1v) is 6.98. The number of amides is 1. The molecule has 0 heterocycles. The number of aliphatic hydroxyl groups is 1. The number of methoxy groups -OCH3 is 1. The largest absolute Gasteiger partial charge is 0.493 e. The molecule has 5 nitrogen and oxygen atoms in total. The highest BCUT2D eigenvalue weighted by molar-refractivity contribution is 5.77. The molecule has 1 aromatic carbocycles. The summed E-state index contributed by atoms with van der Waals surface area (Å²) in [6.45, 7) is 4.53. The molecule has 21 heavy (non-hydrogen) atoms. The summed E-state index contributed by atoms with van der Waals surface area (Å²) in [7, 11) is 1.56. The molecule has 0 saturated carbocycles. The van der Waals surface area contributed by atoms with Crippen molar-refractivity contribution in [1.29, 1.82) is 0 Å². The monoisotopic (exact) mass is 293 g/mol. The van der Waals surface area contributed by atoms with E-state index in [1.165, 1.54) is 0 Å². The van der Waals surface area contributed by atoms with Gasteiger partial charge in [0, 0.05) is 13.1 Å². The van der Waals surface area contributed by atoms with Crippen molar-refractivity contribution in [3.05, 3.63) is 29.8 Å². The van der Waals surface area contributed by atoms with Gasteiger partial charge in [0.15, 0.2) is 18.1 Å². The highest BCUT2D eigenvalue weighted by atomic mass is 16.5. The van der Waals surface area contributed by atoms with E-state index in [0.717, 1.165) is 5.56 Å². The van der Waals surface area contributed by atoms with Crippen molar-refractivity contribution in [2.45, 2.75) is 13.8 Å². The molecular formula is C16H23NO4. The Labute approximate surface area is 125 Å². The zero-order chi connectivity index (χ0) is 15.7. The molecule has 0 atom stereocenters. The summed E-state index contributed by atoms with van der Waals surface area (Å²) < 4.78 is 10.8. The molecule has 0 fully saturated rings. The summed E-state index contributed by atoms with van der Waals surface area (Å²) in [6, 6.07) is 5.53. The smallest absolute Gasteiger partial charge is 0.260 e. The lowest BCUT2D eigenvalue weighted by Crippen LogP contribution is -2.36. The number of aliphatic hydroxyl groups excluding tert-OH is 1. The van der Waals surface area contributed by atoms with Crippen LogP contribution in [0.2, 0.25) is 0 Å². The van der Waals surface area contributed by atoms with Gasteiger partial charge in [-0.05, 0) is 31.5 Å². The maximum atomic E-state index is 11.9. The van der Waals surface area contributed by atoms with Crippen LogP contribution in [0.15, 0.2) is 24.3 Å². The highest BCUT2D eigenvalue weighted by Gasteiger charge is 2.13. The molecule has 0 aliphatic rings. The summed E-state index contributed by atoms with van der Waals surface area (Å²) in [4.78, 5) is 13.5. The summed E-state index contributed by atoms with van der Waals surface area (Å²) >= 11 is 0. The Hall–Kier alpha value is -2.01. The van der Waals surface area contributed by atoms with Gasteiger partial charge in [-0.15, -0.1) is 0 Å². The zero-order valence-corrected chi connectivity index (χ0v) is 12.8. The minimum Gasteiger partial charge on any atom is -0.493 e. The maximum absolute atomic E-state index is 11.9. The van der Waals surface area contributed by atoms with E-state index in [0.29, 0.717) is 24.6 Å². The minimum absolute atomic E-state index is 0.0546. The number of rotatable bonds is 8. The number of nitrogens with zero attached hydrogens (tertiary/aromatic N) is 1. The van der Waals surface area contributed by atoms with E-state index in [9.17, 15) is 4.79 Å². The Balaban J connectivity index is 2.72. The van der Waals surface area contributed by atoms with E-state index in [2.05, 4.69) is 0 Å². The lowest BCUT2D eigenvalue weighted by Gasteiger charge is -2.20. The number of allylic oxidation sites excluding steroid dienone is 1. The molecule has 116 valence electrons. The van der Waals surface area contributed by atoms with Crippen LogP contribution < -0.4 is 9.47 Å². The van der Waals surface area contributed by atoms with Gasteiger partial charge in [-0.3, -0.25) is 4.79 Å². The van der Waals surface area contributed by atoms with Crippen LogP contribution >= 0.6 is 0 Å². The number of ether oxygens (including phenoxy) is 2. The predicted octanol–water partition coefficient (Wildman–Crippen LogP) is 1.95. The van der Waals surface area contributed by atoms with Crippen LogP contribution in [0.1, 0.15) is 19.4 Å². The fourth-order valence-electron chi connectivity index (χ4n) is 1.91. The SMILES string of the molecule is CC=Cc1ccc(OCC(=O)N(CC)CCO)c(OC)c1. The van der Waals surface area contributed by atoms with Gasteiger partial charge in [-0.2, -0.15) is 0 Å². The van der Waals surface area contributed by atoms with Crippen LogP contribution in [-0.2, 0) is 4.79 Å². The van der Waals surface area contributed by atoms with Crippen LogP contribution in [0.25, 0.3) is 6.08 Å². The molecule has 1 amide bonds. The Morgan fingerprint density at radius 3 is 2.71 bits per heavy atom. The number of hydrogen-bond acceptors (Lipinski definition) is 4. The van der Waals surface area contributed by atoms with Gasteiger partial charge in [-0.1, -0.05) is 18.2 Å². The normalized spacial score (nSPS) is 10.7. The first-order chi connectivity index (χ1) is 10.2. The van der Waals surface area contributed by atoms with E-state index < -0.39 is 0 Å². The van der Waals surface area contributed by atoms with Gasteiger partial charge in [0.05, 0.1) is 13.7 Å². The van der Waals surface area contributed by atoms with Crippen molar-refractivity contribution in [2.24, 2.45) is 0 Å². The lowest BCUT2D eigenvalue weighted by atomic mass is 10.2. The van der Waals surface area contributed by atoms with Crippen molar-refractivity contribution in [1.82, 2.24) is 4.90 Å². The zero-order valence-electron chi connectivity index (χ0n) is 12.8. The second kappa shape index (κ2) is 9.02. The Kier molecular flexibility index (Phi) is 7.32. The summed E-state index contributed by atoms with van der Waals surface area (Å²) in [5, 5.41) is 8.90. The molecule has 0 saturated heterocycles. The maximum Gasteiger partial charge on any atom is 0.260 e. The third-order valence-corrected chi connectivity index (χ3v) is 3.00. The Morgan fingerprint density at radius 2 is 2.14 bits per heavy atom. The predicted molar refractivity (Wildman–Crippen MR) is 82.5 cm³/mol. The molecule has 1 rings (SSSR count). The van der Waals surface area contributed by atoms with Crippen molar-refractivity contribution in [2.75, 3.05) is 33.4 Å². The van der Waals surface area contributed by atoms with Crippen LogP contribution in [0.5, 0.6) is 11.5 Å². The number of likely N-dealkylation sites (N-methyl/N-ethyl adjacent to an activating group) is 1. The molecule has 5 heteroatoms. The van der Waals surface area contributed by atoms with Gasteiger partial charge < -0.3 is 19.5 Å². The van der Waals surface area contributed by atoms with Crippen molar-refractivity contribution >= 4 is 12.0 Å². The van der Waals surface area contributed by atoms with Gasteiger partial charge in [0.25, 0.3) is 5.91 Å². The number of carbonyl (C=O) groups is 1. The topological polar surface area (TPSA) is 59.0 Å². The molecule has 1 N–H and O–H groups in total. The van der Waals surface area contributed by atoms with Gasteiger partial charge in [0.1, 0.15) is 0 Å². The average molecular weight is 293 g/mol. The van der Waals surface area contributed by atoms with Crippen LogP contribution in [0.4, 0.5) is 0 Å². The molecule has 1 aromatic rings. The summed E-state index contributed by atoms with van der Waals surface area (Å²) in [6.07, 6.45) is 3.89. The first-order valence-electron chi connectivity index (χ1n) is 6.98. The molecule has 0 spiro atoms. The molecule has 0 bridgehead atoms. The second-order valence-corrected chi connectivity index (χ2v) is 4.40. The number of hydrogen-bond donors (Lipinski definition) is 1. The van der Waals surface area contributed by atoms with Crippen LogP contribution in [0, 0.1) is 0 Å². The highest BCUT2D eigenvalue weighted by Crippen LogP contribution is 2.28. The van der Waals surface area contributed by atoms with Crippen LogP contribution in [0.3, 0.4) is 0 Å². The number of benzene rings is 1. The molecule has 0 unspecified atom stereocenters. The van der Waals surface area contributed by atoms with E-state index in [1.54, 1.807) is 18.1 Å². The van der Waals surface area contributed by atoms with Gasteiger partial charge >= 0.3 is 0 Å². The van der Waals surface area contributed by atoms with Crippen molar-refractivity contribution in [3.8, 4) is 11.5 Å². The van der Waals surface area contributed by atoms with Gasteiger partial charge in [-0.25, -0.2) is 0 Å². The number of carbonyl (C=O) groups excluding carboxylic acids is 1. The van der Waals surface area contributed by atoms with E-state index in [-0.39, 0.29) is 19.1 Å². The fraction of sp³-hybridized carbons (Fsp3) is 0.438. The summed E-state index contributed by atoms with van der Waals surface area (Å²) in [5.74, 6) is 0.953. The molecule has 0 radical (unpaired) electrons. The van der Waals surface area contributed by atoms with Gasteiger partial charge in [0.2, 0.25) is 0 Å². The average Bonchev–Trinajstić information content (AvgIpc) is 2.51. The molecule has 0 aromatic heterocycles. The molecule has 0 aliphatic carbocycles. The quantitative estimate of drug-likeness (QED) is 0.796. The Morgan fingerprint density at radius 1 is 1.38 bits per heavy atom. The van der Waals surface area contributed by atoms with E-state index in [1.807, 2.05) is 38.1 Å². The third-order valence-electron chi connectivity index (χ3n) is 3.00.